The molecule has 0 aliphatic carbocycles. The molecule has 2 rings (SSSR count). The van der Waals surface area contributed by atoms with Gasteiger partial charge in [-0.3, -0.25) is 0 Å². The third-order valence-electron chi connectivity index (χ3n) is 2.07. The Labute approximate surface area is 94.9 Å². The highest BCUT2D eigenvalue weighted by Crippen LogP contribution is 2.05. The molecular formula is C14H11NO. The lowest BCUT2D eigenvalue weighted by Gasteiger charge is -1.96. The van der Waals surface area contributed by atoms with Crippen molar-refractivity contribution in [3.63, 3.8) is 0 Å². The van der Waals surface area contributed by atoms with E-state index in [4.69, 9.17) is 4.74 Å². The molecule has 0 saturated heterocycles. The highest BCUT2D eigenvalue weighted by molar-refractivity contribution is 5.42. The van der Waals surface area contributed by atoms with Crippen LogP contribution in [0.4, 0.5) is 0 Å². The summed E-state index contributed by atoms with van der Waals surface area (Å²) in [5.41, 5.74) is 1.88. The highest BCUT2D eigenvalue weighted by Gasteiger charge is 1.91. The van der Waals surface area contributed by atoms with E-state index in [1.807, 2.05) is 36.4 Å². The first-order valence-electron chi connectivity index (χ1n) is 4.95. The van der Waals surface area contributed by atoms with E-state index in [0.29, 0.717) is 5.88 Å². The van der Waals surface area contributed by atoms with E-state index in [2.05, 4.69) is 16.8 Å². The van der Waals surface area contributed by atoms with Gasteiger partial charge in [-0.25, -0.2) is 4.98 Å². The molecule has 0 amide bonds. The van der Waals surface area contributed by atoms with Crippen LogP contribution < -0.4 is 4.74 Å². The van der Waals surface area contributed by atoms with Crippen LogP contribution in [0.15, 0.2) is 48.7 Å². The molecule has 0 spiro atoms. The fourth-order valence-electron chi connectivity index (χ4n) is 1.24. The third-order valence-corrected chi connectivity index (χ3v) is 2.07. The smallest absolute Gasteiger partial charge is 0.212 e. The Bertz CT molecular complexity index is 506. The summed E-state index contributed by atoms with van der Waals surface area (Å²) in [5, 5.41) is 0. The second-order valence-electron chi connectivity index (χ2n) is 3.21. The zero-order chi connectivity index (χ0) is 11.2. The Morgan fingerprint density at radius 1 is 0.938 bits per heavy atom. The number of nitrogens with zero attached hydrogens (tertiary/aromatic N) is 1. The van der Waals surface area contributed by atoms with Crippen LogP contribution in [0, 0.1) is 11.8 Å². The molecule has 0 saturated carbocycles. The van der Waals surface area contributed by atoms with E-state index >= 15 is 0 Å². The van der Waals surface area contributed by atoms with Crippen molar-refractivity contribution >= 4 is 0 Å². The van der Waals surface area contributed by atoms with Crippen molar-refractivity contribution in [2.45, 2.75) is 0 Å². The normalized spacial score (nSPS) is 9.06. The molecule has 1 aromatic heterocycles. The molecule has 0 aliphatic heterocycles. The minimum Gasteiger partial charge on any atom is -0.481 e. The quantitative estimate of drug-likeness (QED) is 0.673. The molecular weight excluding hydrogens is 198 g/mol. The standard InChI is InChI=1S/C14H11NO/c1-16-14-10-9-13(11-15-14)8-7-12-5-3-2-4-6-12/h2-6,9-11H,1H3. The maximum absolute atomic E-state index is 4.97. The predicted octanol–water partition coefficient (Wildman–Crippen LogP) is 2.49. The Kier molecular flexibility index (Phi) is 3.20. The number of ether oxygens (including phenoxy) is 1. The maximum atomic E-state index is 4.97. The average molecular weight is 209 g/mol. The monoisotopic (exact) mass is 209 g/mol. The van der Waals surface area contributed by atoms with Gasteiger partial charge in [-0.2, -0.15) is 0 Å². The van der Waals surface area contributed by atoms with Crippen LogP contribution in [0.5, 0.6) is 5.88 Å². The molecule has 1 heterocycles. The number of hydrogen-bond donors (Lipinski definition) is 0. The number of pyridine rings is 1. The molecule has 0 aliphatic rings. The summed E-state index contributed by atoms with van der Waals surface area (Å²) in [4.78, 5) is 4.08. The van der Waals surface area contributed by atoms with Crippen LogP contribution in [-0.2, 0) is 0 Å². The van der Waals surface area contributed by atoms with E-state index in [0.717, 1.165) is 11.1 Å². The fraction of sp³-hybridized carbons (Fsp3) is 0.0714. The molecule has 2 nitrogen and oxygen atoms in total. The molecule has 0 N–H and O–H groups in total. The fourth-order valence-corrected chi connectivity index (χ4v) is 1.24. The van der Waals surface area contributed by atoms with Gasteiger partial charge < -0.3 is 4.74 Å². The molecule has 0 radical (unpaired) electrons. The molecule has 2 heteroatoms. The Morgan fingerprint density at radius 2 is 1.69 bits per heavy atom. The van der Waals surface area contributed by atoms with Gasteiger partial charge >= 0.3 is 0 Å². The number of aromatic nitrogens is 1. The van der Waals surface area contributed by atoms with Crippen LogP contribution in [0.3, 0.4) is 0 Å². The van der Waals surface area contributed by atoms with Crippen LogP contribution >= 0.6 is 0 Å². The summed E-state index contributed by atoms with van der Waals surface area (Å²) < 4.78 is 4.97. The van der Waals surface area contributed by atoms with Crippen molar-refractivity contribution in [3.8, 4) is 17.7 Å². The lowest BCUT2D eigenvalue weighted by Crippen LogP contribution is -1.86. The zero-order valence-corrected chi connectivity index (χ0v) is 8.97. The minimum absolute atomic E-state index is 0.602. The van der Waals surface area contributed by atoms with Gasteiger partial charge in [-0.15, -0.1) is 0 Å². The number of benzene rings is 1. The third kappa shape index (κ3) is 2.61. The van der Waals surface area contributed by atoms with Crippen molar-refractivity contribution < 1.29 is 4.74 Å². The van der Waals surface area contributed by atoms with E-state index in [-0.39, 0.29) is 0 Å². The Morgan fingerprint density at radius 3 is 2.31 bits per heavy atom. The summed E-state index contributed by atoms with van der Waals surface area (Å²) in [6.07, 6.45) is 1.70. The second-order valence-corrected chi connectivity index (χ2v) is 3.21. The first-order valence-corrected chi connectivity index (χ1v) is 4.95. The van der Waals surface area contributed by atoms with E-state index in [1.54, 1.807) is 19.4 Å². The minimum atomic E-state index is 0.602. The molecule has 1 aromatic carbocycles. The molecule has 0 fully saturated rings. The van der Waals surface area contributed by atoms with E-state index < -0.39 is 0 Å². The van der Waals surface area contributed by atoms with Crippen molar-refractivity contribution in [2.75, 3.05) is 7.11 Å². The largest absolute Gasteiger partial charge is 0.481 e. The average Bonchev–Trinajstić information content (AvgIpc) is 2.38. The first-order chi connectivity index (χ1) is 7.88. The van der Waals surface area contributed by atoms with Crippen molar-refractivity contribution in [2.24, 2.45) is 0 Å². The molecule has 0 unspecified atom stereocenters. The van der Waals surface area contributed by atoms with Gasteiger partial charge in [-0.1, -0.05) is 30.0 Å². The maximum Gasteiger partial charge on any atom is 0.212 e. The van der Waals surface area contributed by atoms with Gasteiger partial charge in [-0.05, 0) is 18.2 Å². The topological polar surface area (TPSA) is 22.1 Å². The number of methoxy groups -OCH3 is 1. The molecule has 2 aromatic rings. The number of hydrogen-bond acceptors (Lipinski definition) is 2. The SMILES string of the molecule is COc1ccc(C#Cc2ccccc2)cn1. The van der Waals surface area contributed by atoms with E-state index in [9.17, 15) is 0 Å². The van der Waals surface area contributed by atoms with Gasteiger partial charge in [0.05, 0.1) is 7.11 Å². The van der Waals surface area contributed by atoms with Crippen molar-refractivity contribution in [3.05, 3.63) is 59.8 Å². The lowest BCUT2D eigenvalue weighted by molar-refractivity contribution is 0.398. The Balaban J connectivity index is 2.18. The van der Waals surface area contributed by atoms with Crippen molar-refractivity contribution in [1.29, 1.82) is 0 Å². The summed E-state index contributed by atoms with van der Waals surface area (Å²) in [6.45, 7) is 0. The van der Waals surface area contributed by atoms with Crippen LogP contribution in [-0.4, -0.2) is 12.1 Å². The van der Waals surface area contributed by atoms with Gasteiger partial charge in [0.25, 0.3) is 0 Å². The lowest BCUT2D eigenvalue weighted by atomic mass is 10.2. The molecule has 0 bridgehead atoms. The molecule has 16 heavy (non-hydrogen) atoms. The Hall–Kier alpha value is -2.27. The van der Waals surface area contributed by atoms with Gasteiger partial charge in [0.15, 0.2) is 0 Å². The first kappa shape index (κ1) is 10.3. The highest BCUT2D eigenvalue weighted by atomic mass is 16.5. The van der Waals surface area contributed by atoms with Gasteiger partial charge in [0, 0.05) is 23.4 Å². The van der Waals surface area contributed by atoms with E-state index in [1.165, 1.54) is 0 Å². The molecule has 0 atom stereocenters. The van der Waals surface area contributed by atoms with Crippen LogP contribution in [0.2, 0.25) is 0 Å². The van der Waals surface area contributed by atoms with Gasteiger partial charge in [0.2, 0.25) is 5.88 Å². The van der Waals surface area contributed by atoms with Gasteiger partial charge in [0.1, 0.15) is 0 Å². The predicted molar refractivity (Wildman–Crippen MR) is 63.2 cm³/mol. The summed E-state index contributed by atoms with van der Waals surface area (Å²) in [5.74, 6) is 6.71. The molecule has 78 valence electrons. The summed E-state index contributed by atoms with van der Waals surface area (Å²) >= 11 is 0. The summed E-state index contributed by atoms with van der Waals surface area (Å²) in [7, 11) is 1.59. The van der Waals surface area contributed by atoms with Crippen molar-refractivity contribution in [1.82, 2.24) is 4.98 Å². The van der Waals surface area contributed by atoms with Crippen LogP contribution in [0.25, 0.3) is 0 Å². The number of rotatable bonds is 1. The zero-order valence-electron chi connectivity index (χ0n) is 8.97. The van der Waals surface area contributed by atoms with Crippen LogP contribution in [0.1, 0.15) is 11.1 Å². The summed E-state index contributed by atoms with van der Waals surface area (Å²) in [6, 6.07) is 13.6. The second kappa shape index (κ2) is 4.99.